The number of benzene rings is 1. The van der Waals surface area contributed by atoms with Crippen LogP contribution in [0.25, 0.3) is 0 Å². The first-order valence-corrected chi connectivity index (χ1v) is 8.13. The number of thiophene rings is 1. The number of halogens is 1. The first-order valence-electron chi connectivity index (χ1n) is 6.39. The van der Waals surface area contributed by atoms with Crippen LogP contribution in [0.5, 0.6) is 0 Å². The zero-order chi connectivity index (χ0) is 15.2. The van der Waals surface area contributed by atoms with Crippen molar-refractivity contribution in [3.05, 3.63) is 56.2 Å². The third-order valence-corrected chi connectivity index (χ3v) is 4.49. The second-order valence-electron chi connectivity index (χ2n) is 4.50. The fourth-order valence-corrected chi connectivity index (χ4v) is 3.09. The third kappa shape index (κ3) is 4.38. The predicted octanol–water partition coefficient (Wildman–Crippen LogP) is 3.12. The number of carbonyl (C=O) groups is 1. The zero-order valence-corrected chi connectivity index (χ0v) is 13.9. The summed E-state index contributed by atoms with van der Waals surface area (Å²) in [5.41, 5.74) is 2.44. The molecule has 6 heteroatoms. The summed E-state index contributed by atoms with van der Waals surface area (Å²) >= 11 is 5.01. The Balaban J connectivity index is 1.90. The lowest BCUT2D eigenvalue weighted by Gasteiger charge is -2.12. The van der Waals surface area contributed by atoms with Gasteiger partial charge in [0.05, 0.1) is 18.8 Å². The van der Waals surface area contributed by atoms with Crippen molar-refractivity contribution in [1.82, 2.24) is 5.32 Å². The molecular weight excluding hydrogens is 354 g/mol. The van der Waals surface area contributed by atoms with Crippen LogP contribution in [0.1, 0.15) is 27.6 Å². The summed E-state index contributed by atoms with van der Waals surface area (Å²) in [5.74, 6) is -0.358. The topological polar surface area (TPSA) is 58.6 Å². The van der Waals surface area contributed by atoms with Crippen molar-refractivity contribution in [3.63, 3.8) is 0 Å². The van der Waals surface area contributed by atoms with Gasteiger partial charge in [-0.05, 0) is 40.1 Å². The van der Waals surface area contributed by atoms with E-state index in [1.54, 1.807) is 23.5 Å². The highest BCUT2D eigenvalue weighted by Gasteiger charge is 2.10. The zero-order valence-electron chi connectivity index (χ0n) is 11.5. The largest absolute Gasteiger partial charge is 0.465 e. The van der Waals surface area contributed by atoms with E-state index >= 15 is 0 Å². The molecule has 0 radical (unpaired) electrons. The maximum Gasteiger partial charge on any atom is 0.337 e. The molecule has 0 saturated carbocycles. The minimum absolute atomic E-state index is 0.358. The number of carbonyl (C=O) groups excluding carboxylic acids is 1. The molecule has 2 rings (SSSR count). The number of nitrogens with one attached hydrogen (secondary N) is 1. The smallest absolute Gasteiger partial charge is 0.337 e. The summed E-state index contributed by atoms with van der Waals surface area (Å²) in [7, 11) is 1.36. The van der Waals surface area contributed by atoms with E-state index < -0.39 is 6.10 Å². The second kappa shape index (κ2) is 7.70. The van der Waals surface area contributed by atoms with Gasteiger partial charge in [0.15, 0.2) is 0 Å². The molecule has 1 aromatic heterocycles. The summed E-state index contributed by atoms with van der Waals surface area (Å²) in [6.45, 7) is 1.07. The molecule has 1 heterocycles. The molecule has 4 nitrogen and oxygen atoms in total. The van der Waals surface area contributed by atoms with Gasteiger partial charge in [-0.1, -0.05) is 22.0 Å². The van der Waals surface area contributed by atoms with Crippen LogP contribution in [-0.2, 0) is 11.3 Å². The number of aliphatic hydroxyl groups excluding tert-OH is 1. The monoisotopic (exact) mass is 369 g/mol. The average molecular weight is 370 g/mol. The summed E-state index contributed by atoms with van der Waals surface area (Å²) in [5, 5.41) is 17.1. The van der Waals surface area contributed by atoms with Crippen LogP contribution in [0.2, 0.25) is 0 Å². The highest BCUT2D eigenvalue weighted by atomic mass is 79.9. The molecular formula is C15H16BrNO3S. The number of hydrogen-bond donors (Lipinski definition) is 2. The second-order valence-corrected chi connectivity index (χ2v) is 6.14. The van der Waals surface area contributed by atoms with Gasteiger partial charge in [-0.25, -0.2) is 4.79 Å². The first-order chi connectivity index (χ1) is 10.1. The van der Waals surface area contributed by atoms with E-state index in [-0.39, 0.29) is 5.97 Å². The van der Waals surface area contributed by atoms with E-state index in [0.29, 0.717) is 18.7 Å². The fourth-order valence-electron chi connectivity index (χ4n) is 1.86. The molecule has 0 amide bonds. The van der Waals surface area contributed by atoms with Crippen molar-refractivity contribution in [2.75, 3.05) is 13.7 Å². The van der Waals surface area contributed by atoms with Gasteiger partial charge in [-0.15, -0.1) is 0 Å². The average Bonchev–Trinajstić information content (AvgIpc) is 3.02. The Kier molecular flexibility index (Phi) is 5.93. The van der Waals surface area contributed by atoms with E-state index in [2.05, 4.69) is 26.0 Å². The molecule has 0 aliphatic carbocycles. The molecule has 0 spiro atoms. The minimum Gasteiger partial charge on any atom is -0.465 e. The van der Waals surface area contributed by atoms with Crippen LogP contribution in [0.4, 0.5) is 0 Å². The van der Waals surface area contributed by atoms with E-state index in [1.807, 2.05) is 22.9 Å². The normalized spacial score (nSPS) is 12.1. The first kappa shape index (κ1) is 16.2. The molecule has 0 fully saturated rings. The van der Waals surface area contributed by atoms with Crippen molar-refractivity contribution in [1.29, 1.82) is 0 Å². The molecule has 1 aromatic carbocycles. The number of methoxy groups -OCH3 is 1. The molecule has 0 saturated heterocycles. The standard InChI is InChI=1S/C15H16BrNO3S/c1-20-15(19)10-2-3-11(13(16)6-10)7-17-8-14(18)12-4-5-21-9-12/h2-6,9,14,17-18H,7-8H2,1H3. The van der Waals surface area contributed by atoms with E-state index in [9.17, 15) is 9.90 Å². The van der Waals surface area contributed by atoms with Crippen LogP contribution >= 0.6 is 27.3 Å². The van der Waals surface area contributed by atoms with Gasteiger partial charge in [-0.3, -0.25) is 0 Å². The Labute approximate surface area is 135 Å². The van der Waals surface area contributed by atoms with Crippen molar-refractivity contribution in [2.24, 2.45) is 0 Å². The van der Waals surface area contributed by atoms with Gasteiger partial charge < -0.3 is 15.2 Å². The lowest BCUT2D eigenvalue weighted by atomic mass is 10.1. The molecule has 21 heavy (non-hydrogen) atoms. The summed E-state index contributed by atoms with van der Waals surface area (Å²) in [6, 6.07) is 7.24. The quantitative estimate of drug-likeness (QED) is 0.768. The van der Waals surface area contributed by atoms with E-state index in [1.165, 1.54) is 7.11 Å². The summed E-state index contributed by atoms with van der Waals surface area (Å²) < 4.78 is 5.51. The summed E-state index contributed by atoms with van der Waals surface area (Å²) in [4.78, 5) is 11.4. The van der Waals surface area contributed by atoms with E-state index in [0.717, 1.165) is 15.6 Å². The molecule has 112 valence electrons. The number of aliphatic hydroxyl groups is 1. The maximum absolute atomic E-state index is 11.4. The Bertz CT molecular complexity index is 601. The lowest BCUT2D eigenvalue weighted by Crippen LogP contribution is -2.21. The predicted molar refractivity (Wildman–Crippen MR) is 86.5 cm³/mol. The van der Waals surface area contributed by atoms with Gasteiger partial charge in [-0.2, -0.15) is 11.3 Å². The van der Waals surface area contributed by atoms with Crippen molar-refractivity contribution >= 4 is 33.2 Å². The maximum atomic E-state index is 11.4. The Morgan fingerprint density at radius 2 is 2.29 bits per heavy atom. The van der Waals surface area contributed by atoms with Crippen LogP contribution in [0.3, 0.4) is 0 Å². The van der Waals surface area contributed by atoms with Crippen molar-refractivity contribution in [2.45, 2.75) is 12.6 Å². The lowest BCUT2D eigenvalue weighted by molar-refractivity contribution is 0.0600. The van der Waals surface area contributed by atoms with Gasteiger partial charge in [0.2, 0.25) is 0 Å². The van der Waals surface area contributed by atoms with Crippen LogP contribution in [-0.4, -0.2) is 24.7 Å². The fraction of sp³-hybridized carbons (Fsp3) is 0.267. The molecule has 0 aliphatic rings. The molecule has 2 N–H and O–H groups in total. The Morgan fingerprint density at radius 3 is 2.90 bits per heavy atom. The molecule has 1 atom stereocenters. The van der Waals surface area contributed by atoms with Gasteiger partial charge in [0.25, 0.3) is 0 Å². The highest BCUT2D eigenvalue weighted by molar-refractivity contribution is 9.10. The van der Waals surface area contributed by atoms with Gasteiger partial charge >= 0.3 is 5.97 Å². The molecule has 1 unspecified atom stereocenters. The minimum atomic E-state index is -0.510. The van der Waals surface area contributed by atoms with Crippen LogP contribution in [0, 0.1) is 0 Å². The summed E-state index contributed by atoms with van der Waals surface area (Å²) in [6.07, 6.45) is -0.510. The van der Waals surface area contributed by atoms with Gasteiger partial charge in [0.1, 0.15) is 0 Å². The highest BCUT2D eigenvalue weighted by Crippen LogP contribution is 2.20. The number of hydrogen-bond acceptors (Lipinski definition) is 5. The third-order valence-electron chi connectivity index (χ3n) is 3.06. The Hall–Kier alpha value is -1.21. The van der Waals surface area contributed by atoms with Crippen molar-refractivity contribution in [3.8, 4) is 0 Å². The number of ether oxygens (including phenoxy) is 1. The number of esters is 1. The van der Waals surface area contributed by atoms with Crippen LogP contribution < -0.4 is 5.32 Å². The van der Waals surface area contributed by atoms with Crippen LogP contribution in [0.15, 0.2) is 39.5 Å². The van der Waals surface area contributed by atoms with Gasteiger partial charge in [0, 0.05) is 17.6 Å². The SMILES string of the molecule is COC(=O)c1ccc(CNCC(O)c2ccsc2)c(Br)c1. The molecule has 0 bridgehead atoms. The van der Waals surface area contributed by atoms with Crippen molar-refractivity contribution < 1.29 is 14.6 Å². The molecule has 0 aliphatic heterocycles. The Morgan fingerprint density at radius 1 is 1.48 bits per heavy atom. The van der Waals surface area contributed by atoms with E-state index in [4.69, 9.17) is 0 Å². The number of rotatable bonds is 6. The molecule has 2 aromatic rings.